The van der Waals surface area contributed by atoms with Crippen LogP contribution in [-0.2, 0) is 14.9 Å². The molecule has 0 aliphatic heterocycles. The van der Waals surface area contributed by atoms with Crippen LogP contribution in [0.3, 0.4) is 0 Å². The maximum absolute atomic E-state index is 11.9. The van der Waals surface area contributed by atoms with E-state index in [1.165, 1.54) is 0 Å². The van der Waals surface area contributed by atoms with Crippen LogP contribution in [0.5, 0.6) is 0 Å². The molecule has 2 aliphatic carbocycles. The molecule has 0 spiro atoms. The second-order valence-electron chi connectivity index (χ2n) is 5.39. The largest absolute Gasteiger partial charge is 0.412 e. The number of ketones is 1. The fourth-order valence-corrected chi connectivity index (χ4v) is 4.72. The summed E-state index contributed by atoms with van der Waals surface area (Å²) < 4.78 is 31.0. The molecule has 0 aromatic carbocycles. The average molecular weight is 250 g/mol. The van der Waals surface area contributed by atoms with Gasteiger partial charge >= 0.3 is 0 Å². The molecule has 5 nitrogen and oxygen atoms in total. The lowest BCUT2D eigenvalue weighted by Gasteiger charge is -2.35. The minimum atomic E-state index is -4.08. The van der Waals surface area contributed by atoms with Gasteiger partial charge in [0.05, 0.1) is 11.2 Å². The third-order valence-corrected chi connectivity index (χ3v) is 5.43. The number of carbonyl (C=O) groups is 1. The van der Waals surface area contributed by atoms with Gasteiger partial charge in [-0.15, -0.1) is 0 Å². The fraction of sp³-hybridized carbons (Fsp3) is 0.900. The summed E-state index contributed by atoms with van der Waals surface area (Å²) in [6, 6.07) is 0. The number of carbonyl (C=O) groups excluding carboxylic acids is 1. The zero-order valence-electron chi connectivity index (χ0n) is 9.49. The zero-order chi connectivity index (χ0) is 11.5. The van der Waals surface area contributed by atoms with Gasteiger partial charge in [-0.05, 0) is 24.2 Å². The summed E-state index contributed by atoms with van der Waals surface area (Å²) in [6.07, 6.45) is 1.97. The lowest BCUT2D eigenvalue weighted by Crippen LogP contribution is -2.42. The maximum atomic E-state index is 11.9. The first-order valence-corrected chi connectivity index (χ1v) is 6.78. The van der Waals surface area contributed by atoms with Gasteiger partial charge in [0.1, 0.15) is 5.78 Å². The number of hydrogen-bond donors (Lipinski definition) is 1. The first-order chi connectivity index (χ1) is 6.69. The molecule has 0 radical (unpaired) electrons. The molecule has 6 heteroatoms. The van der Waals surface area contributed by atoms with Gasteiger partial charge in [0.15, 0.2) is 0 Å². The molecule has 0 heterocycles. The highest BCUT2D eigenvalue weighted by Gasteiger charge is 2.65. The van der Waals surface area contributed by atoms with Crippen LogP contribution in [0.1, 0.15) is 33.1 Å². The second kappa shape index (κ2) is 3.51. The van der Waals surface area contributed by atoms with Crippen molar-refractivity contribution in [3.63, 3.8) is 0 Å². The van der Waals surface area contributed by atoms with E-state index in [-0.39, 0.29) is 22.6 Å². The predicted octanol–water partition coefficient (Wildman–Crippen LogP) is 0.445. The molecular formula is C10H18O5S. The summed E-state index contributed by atoms with van der Waals surface area (Å²) in [7, 11) is -4.08. The highest BCUT2D eigenvalue weighted by Crippen LogP contribution is 2.64. The van der Waals surface area contributed by atoms with Crippen LogP contribution in [-0.4, -0.2) is 30.0 Å². The Kier molecular flexibility index (Phi) is 2.99. The van der Waals surface area contributed by atoms with E-state index in [1.54, 1.807) is 0 Å². The summed E-state index contributed by atoms with van der Waals surface area (Å²) in [5.74, 6) is -0.101. The quantitative estimate of drug-likeness (QED) is 0.718. The third kappa shape index (κ3) is 1.59. The molecule has 94 valence electrons. The van der Waals surface area contributed by atoms with Crippen LogP contribution >= 0.6 is 0 Å². The molecule has 0 aromatic heterocycles. The molecule has 2 fully saturated rings. The average Bonchev–Trinajstić information content (AvgIpc) is 2.34. The standard InChI is InChI=1S/C10H16O4S.H2O/c1-9(2)7-3-4-10(9,8(11)5-7)6-15(12,13)14;/h7H,3-6H2,1-2H3,(H,12,13,14);1H2/t7-,10-;/m1./s1. The van der Waals surface area contributed by atoms with E-state index in [1.807, 2.05) is 13.8 Å². The highest BCUT2D eigenvalue weighted by atomic mass is 32.2. The van der Waals surface area contributed by atoms with Gasteiger partial charge in [0, 0.05) is 6.42 Å². The van der Waals surface area contributed by atoms with Crippen molar-refractivity contribution in [1.82, 2.24) is 0 Å². The second-order valence-corrected chi connectivity index (χ2v) is 6.85. The van der Waals surface area contributed by atoms with Gasteiger partial charge in [-0.3, -0.25) is 9.35 Å². The van der Waals surface area contributed by atoms with Crippen LogP contribution in [0.15, 0.2) is 0 Å². The Morgan fingerprint density at radius 3 is 2.31 bits per heavy atom. The lowest BCUT2D eigenvalue weighted by atomic mass is 9.70. The van der Waals surface area contributed by atoms with Crippen molar-refractivity contribution in [3.8, 4) is 0 Å². The van der Waals surface area contributed by atoms with Gasteiger partial charge in [-0.1, -0.05) is 13.8 Å². The van der Waals surface area contributed by atoms with Crippen LogP contribution in [0.2, 0.25) is 0 Å². The summed E-state index contributed by atoms with van der Waals surface area (Å²) in [5.41, 5.74) is -1.12. The minimum absolute atomic E-state index is 0. The van der Waals surface area contributed by atoms with Crippen molar-refractivity contribution in [2.75, 3.05) is 5.75 Å². The number of fused-ring (bicyclic) bond motifs is 2. The molecular weight excluding hydrogens is 232 g/mol. The Labute approximate surface area is 95.3 Å². The lowest BCUT2D eigenvalue weighted by molar-refractivity contribution is -0.128. The van der Waals surface area contributed by atoms with Crippen molar-refractivity contribution in [2.24, 2.45) is 16.7 Å². The van der Waals surface area contributed by atoms with Crippen molar-refractivity contribution < 1.29 is 23.2 Å². The van der Waals surface area contributed by atoms with Crippen LogP contribution < -0.4 is 0 Å². The summed E-state index contributed by atoms with van der Waals surface area (Å²) in [5, 5.41) is 0. The van der Waals surface area contributed by atoms with Crippen molar-refractivity contribution in [2.45, 2.75) is 33.1 Å². The zero-order valence-corrected chi connectivity index (χ0v) is 10.3. The number of hydrogen-bond acceptors (Lipinski definition) is 3. The van der Waals surface area contributed by atoms with Crippen molar-refractivity contribution in [3.05, 3.63) is 0 Å². The summed E-state index contributed by atoms with van der Waals surface area (Å²) in [4.78, 5) is 11.9. The maximum Gasteiger partial charge on any atom is 0.265 e. The Morgan fingerprint density at radius 1 is 1.44 bits per heavy atom. The molecule has 0 saturated heterocycles. The monoisotopic (exact) mass is 250 g/mol. The number of rotatable bonds is 2. The highest BCUT2D eigenvalue weighted by molar-refractivity contribution is 7.85. The van der Waals surface area contributed by atoms with E-state index in [2.05, 4.69) is 0 Å². The molecule has 2 rings (SSSR count). The normalized spacial score (nSPS) is 36.2. The topological polar surface area (TPSA) is 103 Å². The van der Waals surface area contributed by atoms with Crippen molar-refractivity contribution in [1.29, 1.82) is 0 Å². The molecule has 0 amide bonds. The third-order valence-electron chi connectivity index (χ3n) is 4.57. The molecule has 16 heavy (non-hydrogen) atoms. The van der Waals surface area contributed by atoms with E-state index >= 15 is 0 Å². The molecule has 2 aliphatic rings. The van der Waals surface area contributed by atoms with E-state index in [0.717, 1.165) is 6.42 Å². The molecule has 2 bridgehead atoms. The summed E-state index contributed by atoms with van der Waals surface area (Å²) >= 11 is 0. The van der Waals surface area contributed by atoms with E-state index < -0.39 is 21.3 Å². The van der Waals surface area contributed by atoms with E-state index in [0.29, 0.717) is 12.8 Å². The SMILES string of the molecule is CC1(C)[C@@H]2CC[C@@]1(CS(=O)(=O)O)C(=O)C2.O. The fourth-order valence-electron chi connectivity index (χ4n) is 3.42. The molecule has 2 atom stereocenters. The van der Waals surface area contributed by atoms with E-state index in [9.17, 15) is 13.2 Å². The Bertz CT molecular complexity index is 411. The predicted molar refractivity (Wildman–Crippen MR) is 58.6 cm³/mol. The Morgan fingerprint density at radius 2 is 2.00 bits per heavy atom. The van der Waals surface area contributed by atoms with Crippen molar-refractivity contribution >= 4 is 15.9 Å². The summed E-state index contributed by atoms with van der Waals surface area (Å²) in [6.45, 7) is 3.89. The Hall–Kier alpha value is -0.460. The molecule has 0 aromatic rings. The van der Waals surface area contributed by atoms with Crippen LogP contribution in [0.4, 0.5) is 0 Å². The Balaban J connectivity index is 0.00000128. The van der Waals surface area contributed by atoms with Gasteiger partial charge in [0.25, 0.3) is 10.1 Å². The van der Waals surface area contributed by atoms with E-state index in [4.69, 9.17) is 4.55 Å². The molecule has 2 saturated carbocycles. The van der Waals surface area contributed by atoms with Gasteiger partial charge in [0.2, 0.25) is 0 Å². The van der Waals surface area contributed by atoms with Gasteiger partial charge < -0.3 is 5.48 Å². The van der Waals surface area contributed by atoms with Gasteiger partial charge in [-0.25, -0.2) is 0 Å². The van der Waals surface area contributed by atoms with Crippen LogP contribution in [0, 0.1) is 16.7 Å². The molecule has 3 N–H and O–H groups in total. The number of Topliss-reactive ketones (excluding diaryl/α,β-unsaturated/α-hetero) is 1. The first kappa shape index (κ1) is 13.6. The first-order valence-electron chi connectivity index (χ1n) is 5.17. The van der Waals surface area contributed by atoms with Crippen LogP contribution in [0.25, 0.3) is 0 Å². The van der Waals surface area contributed by atoms with Gasteiger partial charge in [-0.2, -0.15) is 8.42 Å². The smallest absolute Gasteiger partial charge is 0.265 e. The molecule has 0 unspecified atom stereocenters. The minimum Gasteiger partial charge on any atom is -0.412 e.